The Morgan fingerprint density at radius 1 is 1.33 bits per heavy atom. The molecule has 4 atom stereocenters. The average Bonchev–Trinajstić information content (AvgIpc) is 3.00. The molecule has 4 N–H and O–H groups in total. The van der Waals surface area contributed by atoms with Crippen LogP contribution < -0.4 is 11.1 Å². The topological polar surface area (TPSA) is 113 Å². The van der Waals surface area contributed by atoms with Gasteiger partial charge in [0.15, 0.2) is 0 Å². The molecular formula is C14H23N3O4. The van der Waals surface area contributed by atoms with E-state index in [0.717, 1.165) is 12.8 Å². The second-order valence-electron chi connectivity index (χ2n) is 6.27. The molecule has 2 saturated heterocycles. The molecule has 0 saturated carbocycles. The standard InChI is InChI=1S/C14H23N3O4/c1-7(2)12(15)13(19)16-6-11(18)17-8-3-4-10(17)9(5-8)14(20)21/h7-10,12H,3-6,15H2,1-2H3,(H,16,19)(H,20,21)/t8?,9?,10?,12-/m0/s1. The van der Waals surface area contributed by atoms with Crippen LogP contribution in [0.25, 0.3) is 0 Å². The molecule has 2 aliphatic heterocycles. The first-order valence-corrected chi connectivity index (χ1v) is 7.40. The highest BCUT2D eigenvalue weighted by Gasteiger charge is 2.51. The number of hydrogen-bond acceptors (Lipinski definition) is 4. The number of carboxylic acids is 1. The molecule has 0 radical (unpaired) electrons. The number of nitrogens with one attached hydrogen (secondary N) is 1. The summed E-state index contributed by atoms with van der Waals surface area (Å²) in [4.78, 5) is 36.8. The van der Waals surface area contributed by atoms with Crippen molar-refractivity contribution >= 4 is 17.8 Å². The fourth-order valence-corrected chi connectivity index (χ4v) is 3.32. The van der Waals surface area contributed by atoms with E-state index >= 15 is 0 Å². The van der Waals surface area contributed by atoms with Crippen LogP contribution in [0.3, 0.4) is 0 Å². The van der Waals surface area contributed by atoms with E-state index in [0.29, 0.717) is 6.42 Å². The Hall–Kier alpha value is -1.63. The summed E-state index contributed by atoms with van der Waals surface area (Å²) in [5.74, 6) is -1.87. The minimum Gasteiger partial charge on any atom is -0.481 e. The predicted octanol–water partition coefficient (Wildman–Crippen LogP) is -0.450. The first kappa shape index (κ1) is 15.8. The molecule has 0 spiro atoms. The Kier molecular flexibility index (Phi) is 4.51. The number of hydrogen-bond donors (Lipinski definition) is 3. The van der Waals surface area contributed by atoms with Gasteiger partial charge in [0, 0.05) is 12.1 Å². The average molecular weight is 297 g/mol. The summed E-state index contributed by atoms with van der Waals surface area (Å²) < 4.78 is 0. The molecule has 2 heterocycles. The SMILES string of the molecule is CC(C)[C@H](N)C(=O)NCC(=O)N1C2CCC1C(C(=O)O)C2. The van der Waals surface area contributed by atoms with Crippen molar-refractivity contribution in [2.45, 2.75) is 51.2 Å². The number of carbonyl (C=O) groups excluding carboxylic acids is 2. The van der Waals surface area contributed by atoms with Crippen LogP contribution in [0.5, 0.6) is 0 Å². The maximum atomic E-state index is 12.2. The van der Waals surface area contributed by atoms with Crippen molar-refractivity contribution in [1.82, 2.24) is 10.2 Å². The molecule has 3 unspecified atom stereocenters. The summed E-state index contributed by atoms with van der Waals surface area (Å²) in [7, 11) is 0. The Morgan fingerprint density at radius 3 is 2.52 bits per heavy atom. The molecule has 2 rings (SSSR count). The van der Waals surface area contributed by atoms with Gasteiger partial charge >= 0.3 is 5.97 Å². The lowest BCUT2D eigenvalue weighted by molar-refractivity contribution is -0.143. The normalized spacial score (nSPS) is 28.8. The third-order valence-electron chi connectivity index (χ3n) is 4.58. The molecule has 21 heavy (non-hydrogen) atoms. The minimum absolute atomic E-state index is 0.000500. The van der Waals surface area contributed by atoms with E-state index in [1.807, 2.05) is 13.8 Å². The first-order valence-electron chi connectivity index (χ1n) is 7.40. The van der Waals surface area contributed by atoms with Gasteiger partial charge in [0.1, 0.15) is 0 Å². The maximum absolute atomic E-state index is 12.2. The van der Waals surface area contributed by atoms with E-state index in [1.165, 1.54) is 0 Å². The van der Waals surface area contributed by atoms with Crippen molar-refractivity contribution in [3.63, 3.8) is 0 Å². The van der Waals surface area contributed by atoms with Gasteiger partial charge in [-0.25, -0.2) is 0 Å². The molecule has 7 nitrogen and oxygen atoms in total. The maximum Gasteiger partial charge on any atom is 0.308 e. The largest absolute Gasteiger partial charge is 0.481 e. The van der Waals surface area contributed by atoms with Crippen LogP contribution in [-0.2, 0) is 14.4 Å². The van der Waals surface area contributed by atoms with Crippen LogP contribution in [0.15, 0.2) is 0 Å². The zero-order valence-electron chi connectivity index (χ0n) is 12.4. The molecule has 2 amide bonds. The van der Waals surface area contributed by atoms with Crippen LogP contribution in [0.4, 0.5) is 0 Å². The number of rotatable bonds is 5. The fraction of sp³-hybridized carbons (Fsp3) is 0.786. The number of carboxylic acid groups (broad SMARTS) is 1. The van der Waals surface area contributed by atoms with Gasteiger partial charge in [0.2, 0.25) is 11.8 Å². The van der Waals surface area contributed by atoms with Crippen molar-refractivity contribution in [3.05, 3.63) is 0 Å². The van der Waals surface area contributed by atoms with E-state index in [2.05, 4.69) is 5.32 Å². The number of fused-ring (bicyclic) bond motifs is 2. The van der Waals surface area contributed by atoms with Crippen LogP contribution >= 0.6 is 0 Å². The van der Waals surface area contributed by atoms with Gasteiger partial charge in [-0.3, -0.25) is 14.4 Å². The quantitative estimate of drug-likeness (QED) is 0.636. The summed E-state index contributed by atoms with van der Waals surface area (Å²) in [6.45, 7) is 3.56. The highest BCUT2D eigenvalue weighted by atomic mass is 16.4. The third kappa shape index (κ3) is 3.02. The van der Waals surface area contributed by atoms with E-state index in [-0.39, 0.29) is 36.4 Å². The number of nitrogens with two attached hydrogens (primary N) is 1. The summed E-state index contributed by atoms with van der Waals surface area (Å²) in [6, 6.07) is -0.866. The lowest BCUT2D eigenvalue weighted by atomic mass is 9.89. The highest BCUT2D eigenvalue weighted by Crippen LogP contribution is 2.41. The van der Waals surface area contributed by atoms with Gasteiger partial charge in [0.05, 0.1) is 18.5 Å². The zero-order valence-corrected chi connectivity index (χ0v) is 12.4. The van der Waals surface area contributed by atoms with Crippen LogP contribution in [0, 0.1) is 11.8 Å². The predicted molar refractivity (Wildman–Crippen MR) is 75.2 cm³/mol. The number of aliphatic carboxylic acids is 1. The van der Waals surface area contributed by atoms with Gasteiger partial charge in [-0.15, -0.1) is 0 Å². The van der Waals surface area contributed by atoms with Crippen LogP contribution in [0.1, 0.15) is 33.1 Å². The van der Waals surface area contributed by atoms with E-state index in [1.54, 1.807) is 4.90 Å². The highest BCUT2D eigenvalue weighted by molar-refractivity contribution is 5.88. The van der Waals surface area contributed by atoms with Crippen LogP contribution in [0.2, 0.25) is 0 Å². The summed E-state index contributed by atoms with van der Waals surface area (Å²) in [6.07, 6.45) is 2.09. The van der Waals surface area contributed by atoms with Gasteiger partial charge in [-0.2, -0.15) is 0 Å². The monoisotopic (exact) mass is 297 g/mol. The molecular weight excluding hydrogens is 274 g/mol. The smallest absolute Gasteiger partial charge is 0.308 e. The lowest BCUT2D eigenvalue weighted by Crippen LogP contribution is -2.49. The second-order valence-corrected chi connectivity index (χ2v) is 6.27. The molecule has 2 fully saturated rings. The fourth-order valence-electron chi connectivity index (χ4n) is 3.32. The molecule has 2 aliphatic rings. The van der Waals surface area contributed by atoms with Crippen molar-refractivity contribution < 1.29 is 19.5 Å². The van der Waals surface area contributed by atoms with Crippen molar-refractivity contribution in [3.8, 4) is 0 Å². The molecule has 0 aliphatic carbocycles. The van der Waals surface area contributed by atoms with Gasteiger partial charge < -0.3 is 21.1 Å². The molecule has 0 aromatic rings. The van der Waals surface area contributed by atoms with E-state index in [9.17, 15) is 14.4 Å². The molecule has 118 valence electrons. The van der Waals surface area contributed by atoms with Crippen molar-refractivity contribution in [1.29, 1.82) is 0 Å². The Labute approximate surface area is 123 Å². The number of carbonyl (C=O) groups is 3. The molecule has 0 aromatic carbocycles. The summed E-state index contributed by atoms with van der Waals surface area (Å²) in [5.41, 5.74) is 5.71. The van der Waals surface area contributed by atoms with Crippen LogP contribution in [-0.4, -0.2) is 52.5 Å². The van der Waals surface area contributed by atoms with Gasteiger partial charge in [-0.1, -0.05) is 13.8 Å². The third-order valence-corrected chi connectivity index (χ3v) is 4.58. The Morgan fingerprint density at radius 2 is 2.00 bits per heavy atom. The lowest BCUT2D eigenvalue weighted by Gasteiger charge is -2.24. The molecule has 2 bridgehead atoms. The van der Waals surface area contributed by atoms with E-state index < -0.39 is 17.9 Å². The Bertz CT molecular complexity index is 452. The van der Waals surface area contributed by atoms with Gasteiger partial charge in [-0.05, 0) is 25.2 Å². The van der Waals surface area contributed by atoms with E-state index in [4.69, 9.17) is 10.8 Å². The Balaban J connectivity index is 1.90. The summed E-state index contributed by atoms with van der Waals surface area (Å²) in [5, 5.41) is 11.7. The number of amides is 2. The van der Waals surface area contributed by atoms with Gasteiger partial charge in [0.25, 0.3) is 0 Å². The summed E-state index contributed by atoms with van der Waals surface area (Å²) >= 11 is 0. The van der Waals surface area contributed by atoms with Crippen molar-refractivity contribution in [2.75, 3.05) is 6.54 Å². The molecule has 7 heteroatoms. The zero-order chi connectivity index (χ0) is 15.7. The first-order chi connectivity index (χ1) is 9.82. The minimum atomic E-state index is -0.842. The number of nitrogens with zero attached hydrogens (tertiary/aromatic N) is 1. The molecule has 0 aromatic heterocycles. The second kappa shape index (κ2) is 6.01. The van der Waals surface area contributed by atoms with Crippen molar-refractivity contribution in [2.24, 2.45) is 17.6 Å².